The van der Waals surface area contributed by atoms with Crippen molar-refractivity contribution in [2.45, 2.75) is 37.8 Å². The predicted octanol–water partition coefficient (Wildman–Crippen LogP) is 1.52. The summed E-state index contributed by atoms with van der Waals surface area (Å²) in [6, 6.07) is 10.9. The topological polar surface area (TPSA) is 97.6 Å². The van der Waals surface area contributed by atoms with E-state index < -0.39 is 23.5 Å². The van der Waals surface area contributed by atoms with E-state index in [2.05, 4.69) is 5.32 Å². The second-order valence-corrected chi connectivity index (χ2v) is 6.83. The van der Waals surface area contributed by atoms with E-state index in [1.807, 2.05) is 0 Å². The van der Waals surface area contributed by atoms with Crippen LogP contribution in [0.4, 0.5) is 0 Å². The van der Waals surface area contributed by atoms with Gasteiger partial charge in [-0.2, -0.15) is 0 Å². The van der Waals surface area contributed by atoms with Crippen molar-refractivity contribution >= 4 is 11.9 Å². The molecular formula is C20H22N2O5. The molecule has 0 aliphatic carbocycles. The number of carbonyl (C=O) groups is 2. The standard InChI is InChI=1S/C20H22N2O5/c1-20(10-4-12-27-20)19(26)21-16(18(24)25)13-14-6-8-15(9-7-14)22-11-3-2-5-17(22)23/h2-3,5-9,11,16H,4,10,12-13H2,1H3,(H,21,26)(H,24,25)/t16-,20+/m0/s1. The van der Waals surface area contributed by atoms with Gasteiger partial charge in [-0.05, 0) is 43.5 Å². The number of hydrogen-bond acceptors (Lipinski definition) is 4. The summed E-state index contributed by atoms with van der Waals surface area (Å²) in [5.41, 5.74) is 0.317. The zero-order valence-electron chi connectivity index (χ0n) is 15.1. The molecule has 1 amide bonds. The highest BCUT2D eigenvalue weighted by atomic mass is 16.5. The minimum Gasteiger partial charge on any atom is -0.480 e. The van der Waals surface area contributed by atoms with Gasteiger partial charge in [0.1, 0.15) is 11.6 Å². The van der Waals surface area contributed by atoms with Gasteiger partial charge < -0.3 is 15.2 Å². The van der Waals surface area contributed by atoms with Crippen LogP contribution in [-0.4, -0.2) is 39.8 Å². The van der Waals surface area contributed by atoms with Crippen LogP contribution in [0.3, 0.4) is 0 Å². The molecule has 1 saturated heterocycles. The fraction of sp³-hybridized carbons (Fsp3) is 0.350. The first-order chi connectivity index (χ1) is 12.9. The van der Waals surface area contributed by atoms with Gasteiger partial charge in [0.2, 0.25) is 0 Å². The van der Waals surface area contributed by atoms with E-state index in [1.165, 1.54) is 10.6 Å². The third-order valence-electron chi connectivity index (χ3n) is 4.78. The molecule has 1 aliphatic heterocycles. The van der Waals surface area contributed by atoms with Gasteiger partial charge in [0, 0.05) is 31.0 Å². The third kappa shape index (κ3) is 4.25. The molecule has 7 heteroatoms. The van der Waals surface area contributed by atoms with E-state index in [0.717, 1.165) is 12.0 Å². The van der Waals surface area contributed by atoms with Crippen LogP contribution in [0.2, 0.25) is 0 Å². The molecule has 1 aromatic carbocycles. The Kier molecular flexibility index (Phi) is 5.41. The number of ether oxygens (including phenoxy) is 1. The Morgan fingerprint density at radius 3 is 2.59 bits per heavy atom. The predicted molar refractivity (Wildman–Crippen MR) is 98.9 cm³/mol. The first kappa shape index (κ1) is 18.8. The summed E-state index contributed by atoms with van der Waals surface area (Å²) in [6.45, 7) is 2.18. The van der Waals surface area contributed by atoms with Crippen LogP contribution in [0.25, 0.3) is 5.69 Å². The Bertz CT molecular complexity index is 882. The van der Waals surface area contributed by atoms with E-state index in [0.29, 0.717) is 18.7 Å². The largest absolute Gasteiger partial charge is 0.480 e. The Labute approximate surface area is 156 Å². The lowest BCUT2D eigenvalue weighted by atomic mass is 10.00. The molecule has 0 unspecified atom stereocenters. The zero-order valence-corrected chi connectivity index (χ0v) is 15.1. The summed E-state index contributed by atoms with van der Waals surface area (Å²) in [5, 5.41) is 12.1. The van der Waals surface area contributed by atoms with E-state index >= 15 is 0 Å². The average Bonchev–Trinajstić information content (AvgIpc) is 3.10. The number of carboxylic acid groups (broad SMARTS) is 1. The second kappa shape index (κ2) is 7.75. The molecule has 2 aromatic rings. The maximum Gasteiger partial charge on any atom is 0.326 e. The number of nitrogens with zero attached hydrogens (tertiary/aromatic N) is 1. The molecule has 1 aliphatic rings. The van der Waals surface area contributed by atoms with E-state index in [1.54, 1.807) is 49.5 Å². The highest BCUT2D eigenvalue weighted by Crippen LogP contribution is 2.25. The lowest BCUT2D eigenvalue weighted by Gasteiger charge is -2.24. The molecule has 0 spiro atoms. The molecule has 3 rings (SSSR count). The SMILES string of the molecule is C[C@]1(C(=O)N[C@@H](Cc2ccc(-n3ccccc3=O)cc2)C(=O)O)CCCO1. The molecule has 2 heterocycles. The van der Waals surface area contributed by atoms with Gasteiger partial charge in [-0.3, -0.25) is 14.2 Å². The van der Waals surface area contributed by atoms with Crippen molar-refractivity contribution in [3.63, 3.8) is 0 Å². The number of amides is 1. The number of benzene rings is 1. The Morgan fingerprint density at radius 1 is 1.26 bits per heavy atom. The van der Waals surface area contributed by atoms with Crippen LogP contribution >= 0.6 is 0 Å². The molecular weight excluding hydrogens is 348 g/mol. The van der Waals surface area contributed by atoms with Crippen molar-refractivity contribution in [1.82, 2.24) is 9.88 Å². The van der Waals surface area contributed by atoms with Gasteiger partial charge in [-0.15, -0.1) is 0 Å². The van der Waals surface area contributed by atoms with Crippen LogP contribution in [0, 0.1) is 0 Å². The fourth-order valence-electron chi connectivity index (χ4n) is 3.14. The van der Waals surface area contributed by atoms with Crippen molar-refractivity contribution < 1.29 is 19.4 Å². The average molecular weight is 370 g/mol. The quantitative estimate of drug-likeness (QED) is 0.803. The van der Waals surface area contributed by atoms with Crippen molar-refractivity contribution in [3.05, 3.63) is 64.6 Å². The number of carbonyl (C=O) groups excluding carboxylic acids is 1. The normalized spacial score (nSPS) is 20.2. The number of carboxylic acids is 1. The van der Waals surface area contributed by atoms with Crippen LogP contribution in [0.1, 0.15) is 25.3 Å². The first-order valence-corrected chi connectivity index (χ1v) is 8.84. The molecule has 0 radical (unpaired) electrons. The molecule has 1 aromatic heterocycles. The van der Waals surface area contributed by atoms with E-state index in [4.69, 9.17) is 4.74 Å². The Balaban J connectivity index is 1.71. The molecule has 0 bridgehead atoms. The monoisotopic (exact) mass is 370 g/mol. The fourth-order valence-corrected chi connectivity index (χ4v) is 3.14. The lowest BCUT2D eigenvalue weighted by molar-refractivity contribution is -0.147. The zero-order chi connectivity index (χ0) is 19.4. The maximum atomic E-state index is 12.4. The van der Waals surface area contributed by atoms with Gasteiger partial charge in [0.15, 0.2) is 0 Å². The summed E-state index contributed by atoms with van der Waals surface area (Å²) in [4.78, 5) is 35.9. The molecule has 0 saturated carbocycles. The maximum absolute atomic E-state index is 12.4. The molecule has 2 atom stereocenters. The van der Waals surface area contributed by atoms with Gasteiger partial charge in [-0.1, -0.05) is 18.2 Å². The van der Waals surface area contributed by atoms with Gasteiger partial charge in [-0.25, -0.2) is 4.79 Å². The molecule has 2 N–H and O–H groups in total. The van der Waals surface area contributed by atoms with Crippen molar-refractivity contribution in [1.29, 1.82) is 0 Å². The number of rotatable bonds is 6. The van der Waals surface area contributed by atoms with Crippen LogP contribution < -0.4 is 10.9 Å². The van der Waals surface area contributed by atoms with Crippen molar-refractivity contribution in [3.8, 4) is 5.69 Å². The smallest absolute Gasteiger partial charge is 0.326 e. The van der Waals surface area contributed by atoms with Gasteiger partial charge in [0.05, 0.1) is 0 Å². The Morgan fingerprint density at radius 2 is 2.00 bits per heavy atom. The summed E-state index contributed by atoms with van der Waals surface area (Å²) < 4.78 is 6.97. The molecule has 142 valence electrons. The van der Waals surface area contributed by atoms with Gasteiger partial charge in [0.25, 0.3) is 11.5 Å². The number of aromatic nitrogens is 1. The molecule has 7 nitrogen and oxygen atoms in total. The van der Waals surface area contributed by atoms with Crippen molar-refractivity contribution in [2.75, 3.05) is 6.61 Å². The van der Waals surface area contributed by atoms with Crippen LogP contribution in [0.15, 0.2) is 53.5 Å². The van der Waals surface area contributed by atoms with E-state index in [-0.39, 0.29) is 12.0 Å². The summed E-state index contributed by atoms with van der Waals surface area (Å²) in [7, 11) is 0. The van der Waals surface area contributed by atoms with E-state index in [9.17, 15) is 19.5 Å². The van der Waals surface area contributed by atoms with Crippen LogP contribution in [-0.2, 0) is 20.7 Å². The van der Waals surface area contributed by atoms with Crippen molar-refractivity contribution in [2.24, 2.45) is 0 Å². The first-order valence-electron chi connectivity index (χ1n) is 8.84. The van der Waals surface area contributed by atoms with Crippen LogP contribution in [0.5, 0.6) is 0 Å². The highest BCUT2D eigenvalue weighted by molar-refractivity contribution is 5.89. The lowest BCUT2D eigenvalue weighted by Crippen LogP contribution is -2.51. The number of aliphatic carboxylic acids is 1. The van der Waals surface area contributed by atoms with Gasteiger partial charge >= 0.3 is 5.97 Å². The number of nitrogens with one attached hydrogen (secondary N) is 1. The molecule has 27 heavy (non-hydrogen) atoms. The Hall–Kier alpha value is -2.93. The minimum absolute atomic E-state index is 0.140. The number of hydrogen-bond donors (Lipinski definition) is 2. The second-order valence-electron chi connectivity index (χ2n) is 6.83. The number of pyridine rings is 1. The summed E-state index contributed by atoms with van der Waals surface area (Å²) >= 11 is 0. The molecule has 1 fully saturated rings. The summed E-state index contributed by atoms with van der Waals surface area (Å²) in [5.74, 6) is -1.51. The third-order valence-corrected chi connectivity index (χ3v) is 4.78. The minimum atomic E-state index is -1.10. The summed E-state index contributed by atoms with van der Waals surface area (Å²) in [6.07, 6.45) is 3.16. The highest BCUT2D eigenvalue weighted by Gasteiger charge is 2.39.